The molecule has 0 aliphatic carbocycles. The number of esters is 2. The summed E-state index contributed by atoms with van der Waals surface area (Å²) in [7, 11) is 0. The third-order valence-corrected chi connectivity index (χ3v) is 6.40. The Morgan fingerprint density at radius 3 is 1.76 bits per heavy atom. The Bertz CT molecular complexity index is 989. The zero-order valence-electron chi connectivity index (χ0n) is 23.9. The second-order valence-electron chi connectivity index (χ2n) is 10.9. The van der Waals surface area contributed by atoms with Gasteiger partial charge in [-0.3, -0.25) is 14.4 Å². The molecule has 0 bridgehead atoms. The highest BCUT2D eigenvalue weighted by Crippen LogP contribution is 2.33. The van der Waals surface area contributed by atoms with Gasteiger partial charge in [0.05, 0.1) is 17.9 Å². The van der Waals surface area contributed by atoms with E-state index in [1.807, 2.05) is 27.7 Å². The van der Waals surface area contributed by atoms with Crippen LogP contribution in [-0.4, -0.2) is 46.9 Å². The lowest BCUT2D eigenvalue weighted by molar-refractivity contribution is -0.145. The molecule has 10 nitrogen and oxygen atoms in total. The van der Waals surface area contributed by atoms with E-state index in [9.17, 15) is 24.3 Å². The average molecular weight is 538 g/mol. The first-order chi connectivity index (χ1) is 17.5. The molecule has 0 heterocycles. The number of hydrogen-bond donors (Lipinski definition) is 2. The van der Waals surface area contributed by atoms with Gasteiger partial charge in [-0.2, -0.15) is 0 Å². The molecule has 1 aromatic carbocycles. The third-order valence-electron chi connectivity index (χ3n) is 6.40. The summed E-state index contributed by atoms with van der Waals surface area (Å²) in [4.78, 5) is 49.3. The van der Waals surface area contributed by atoms with E-state index >= 15 is 0 Å². The van der Waals surface area contributed by atoms with Crippen molar-refractivity contribution in [1.29, 1.82) is 0 Å². The third kappa shape index (κ3) is 9.96. The number of carbonyl (C=O) groups excluding carboxylic acids is 3. The van der Waals surface area contributed by atoms with Gasteiger partial charge < -0.3 is 29.8 Å². The smallest absolute Gasteiger partial charge is 0.480 e. The van der Waals surface area contributed by atoms with Gasteiger partial charge in [0.25, 0.3) is 0 Å². The van der Waals surface area contributed by atoms with Crippen molar-refractivity contribution in [2.75, 3.05) is 0 Å². The molecule has 0 aliphatic heterocycles. The highest BCUT2D eigenvalue weighted by atomic mass is 16.7. The first kappa shape index (κ1) is 32.9. The second-order valence-corrected chi connectivity index (χ2v) is 10.9. The lowest BCUT2D eigenvalue weighted by atomic mass is 9.86. The number of ether oxygens (including phenoxy) is 4. The van der Waals surface area contributed by atoms with Crippen LogP contribution in [0.25, 0.3) is 0 Å². The molecule has 3 N–H and O–H groups in total. The molecule has 0 spiro atoms. The monoisotopic (exact) mass is 537 g/mol. The van der Waals surface area contributed by atoms with E-state index in [1.165, 1.54) is 19.1 Å². The fourth-order valence-corrected chi connectivity index (χ4v) is 3.31. The summed E-state index contributed by atoms with van der Waals surface area (Å²) in [5.41, 5.74) is 4.85. The Balaban J connectivity index is 3.28. The van der Waals surface area contributed by atoms with Gasteiger partial charge in [-0.1, -0.05) is 47.6 Å². The van der Waals surface area contributed by atoms with Gasteiger partial charge in [0.2, 0.25) is 0 Å². The summed E-state index contributed by atoms with van der Waals surface area (Å²) in [5.74, 6) is -3.08. The van der Waals surface area contributed by atoms with E-state index in [4.69, 9.17) is 24.7 Å². The number of nitrogens with two attached hydrogens (primary N) is 1. The van der Waals surface area contributed by atoms with Crippen molar-refractivity contribution in [2.24, 2.45) is 29.4 Å². The fraction of sp³-hybridized carbons (Fsp3) is 0.643. The summed E-state index contributed by atoms with van der Waals surface area (Å²) >= 11 is 0. The summed E-state index contributed by atoms with van der Waals surface area (Å²) in [6, 6.07) is 4.44. The molecule has 4 atom stereocenters. The lowest BCUT2D eigenvalue weighted by Crippen LogP contribution is -2.52. The topological polar surface area (TPSA) is 151 Å². The Hall–Kier alpha value is -3.14. The number of benzene rings is 1. The minimum Gasteiger partial charge on any atom is -0.480 e. The molecule has 214 valence electrons. The van der Waals surface area contributed by atoms with Crippen molar-refractivity contribution in [1.82, 2.24) is 0 Å². The zero-order valence-corrected chi connectivity index (χ0v) is 23.9. The summed E-state index contributed by atoms with van der Waals surface area (Å²) in [6.45, 7) is 15.8. The number of carboxylic acids is 1. The average Bonchev–Trinajstić information content (AvgIpc) is 2.78. The maximum Gasteiger partial charge on any atom is 0.508 e. The molecule has 0 aromatic heterocycles. The summed E-state index contributed by atoms with van der Waals surface area (Å²) in [5, 5.41) is 9.91. The van der Waals surface area contributed by atoms with E-state index in [0.29, 0.717) is 5.56 Å². The Labute approximate surface area is 225 Å². The van der Waals surface area contributed by atoms with Gasteiger partial charge in [-0.05, 0) is 50.3 Å². The van der Waals surface area contributed by atoms with Crippen LogP contribution in [0.4, 0.5) is 4.79 Å². The molecule has 0 amide bonds. The first-order valence-electron chi connectivity index (χ1n) is 12.9. The van der Waals surface area contributed by atoms with Crippen molar-refractivity contribution < 1.29 is 43.2 Å². The van der Waals surface area contributed by atoms with E-state index in [-0.39, 0.29) is 36.2 Å². The van der Waals surface area contributed by atoms with Crippen molar-refractivity contribution in [3.63, 3.8) is 0 Å². The minimum atomic E-state index is -1.83. The number of aliphatic carboxylic acids is 1. The molecule has 38 heavy (non-hydrogen) atoms. The quantitative estimate of drug-likeness (QED) is 0.266. The largest absolute Gasteiger partial charge is 0.508 e. The van der Waals surface area contributed by atoms with Crippen molar-refractivity contribution in [3.05, 3.63) is 23.8 Å². The standard InChI is InChI=1S/C28H43NO9/c1-15(2)19(8)24(30)37-22-11-10-21(12-23(22)38-25(31)20(9)16(3)4)14-28(29,26(32)33)13-18(7)36-27(34)35-17(5)6/h10-12,15-20H,13-14,29H2,1-9H3,(H,32,33)/t18-,19?,20?,28?/m0/s1. The fourth-order valence-electron chi connectivity index (χ4n) is 3.31. The molecule has 1 rings (SSSR count). The molecule has 10 heteroatoms. The van der Waals surface area contributed by atoms with Gasteiger partial charge >= 0.3 is 24.1 Å². The minimum absolute atomic E-state index is 0.00483. The van der Waals surface area contributed by atoms with Crippen molar-refractivity contribution in [3.8, 4) is 11.5 Å². The van der Waals surface area contributed by atoms with Crippen LogP contribution in [0, 0.1) is 23.7 Å². The van der Waals surface area contributed by atoms with Gasteiger partial charge in [0, 0.05) is 12.8 Å². The molecule has 1 aromatic rings. The van der Waals surface area contributed by atoms with Crippen LogP contribution < -0.4 is 15.2 Å². The normalized spacial score (nSPS) is 15.4. The van der Waals surface area contributed by atoms with Crippen LogP contribution in [0.1, 0.15) is 74.3 Å². The maximum absolute atomic E-state index is 12.7. The number of hydrogen-bond acceptors (Lipinski definition) is 9. The molecule has 0 aliphatic rings. The predicted molar refractivity (Wildman–Crippen MR) is 141 cm³/mol. The number of rotatable bonds is 13. The van der Waals surface area contributed by atoms with E-state index in [2.05, 4.69) is 0 Å². The van der Waals surface area contributed by atoms with Gasteiger partial charge in [-0.15, -0.1) is 0 Å². The highest BCUT2D eigenvalue weighted by molar-refractivity contribution is 5.80. The number of carbonyl (C=O) groups is 4. The van der Waals surface area contributed by atoms with E-state index in [1.54, 1.807) is 33.8 Å². The maximum atomic E-state index is 12.7. The van der Waals surface area contributed by atoms with Crippen molar-refractivity contribution in [2.45, 2.75) is 92.9 Å². The zero-order chi connectivity index (χ0) is 29.4. The highest BCUT2D eigenvalue weighted by Gasteiger charge is 2.37. The van der Waals surface area contributed by atoms with Gasteiger partial charge in [0.1, 0.15) is 11.6 Å². The molecule has 3 unspecified atom stereocenters. The Kier molecular flexibility index (Phi) is 12.2. The molecule has 0 radical (unpaired) electrons. The van der Waals surface area contributed by atoms with Crippen LogP contribution in [-0.2, 0) is 30.3 Å². The van der Waals surface area contributed by atoms with E-state index < -0.39 is 53.6 Å². The van der Waals surface area contributed by atoms with E-state index in [0.717, 1.165) is 0 Å². The predicted octanol–water partition coefficient (Wildman–Crippen LogP) is 4.75. The van der Waals surface area contributed by atoms with Crippen LogP contribution in [0.5, 0.6) is 11.5 Å². The Morgan fingerprint density at radius 1 is 0.816 bits per heavy atom. The Morgan fingerprint density at radius 2 is 1.32 bits per heavy atom. The van der Waals surface area contributed by atoms with Gasteiger partial charge in [-0.25, -0.2) is 4.79 Å². The van der Waals surface area contributed by atoms with Crippen molar-refractivity contribution >= 4 is 24.1 Å². The summed E-state index contributed by atoms with van der Waals surface area (Å²) < 4.78 is 21.2. The molecule has 0 fully saturated rings. The summed E-state index contributed by atoms with van der Waals surface area (Å²) in [6.07, 6.45) is -2.57. The molecular weight excluding hydrogens is 494 g/mol. The molecular formula is C28H43NO9. The number of carboxylic acid groups (broad SMARTS) is 1. The first-order valence-corrected chi connectivity index (χ1v) is 12.9. The van der Waals surface area contributed by atoms with Crippen LogP contribution in [0.3, 0.4) is 0 Å². The molecule has 0 saturated carbocycles. The van der Waals surface area contributed by atoms with Crippen LogP contribution in [0.15, 0.2) is 18.2 Å². The van der Waals surface area contributed by atoms with Crippen LogP contribution in [0.2, 0.25) is 0 Å². The lowest BCUT2D eigenvalue weighted by Gasteiger charge is -2.28. The molecule has 0 saturated heterocycles. The van der Waals surface area contributed by atoms with Crippen LogP contribution >= 0.6 is 0 Å². The van der Waals surface area contributed by atoms with Gasteiger partial charge in [0.15, 0.2) is 11.5 Å². The second kappa shape index (κ2) is 14.1. The SMILES string of the molecule is CC(C)OC(=O)O[C@@H](C)CC(N)(Cc1ccc(OC(=O)C(C)C(C)C)c(OC(=O)C(C)C(C)C)c1)C(=O)O.